The molecule has 1 aliphatic carbocycles. The van der Waals surface area contributed by atoms with Gasteiger partial charge in [0.05, 0.1) is 41.7 Å². The Morgan fingerprint density at radius 3 is 2.87 bits per heavy atom. The van der Waals surface area contributed by atoms with Crippen LogP contribution in [0.5, 0.6) is 5.75 Å². The van der Waals surface area contributed by atoms with Gasteiger partial charge in [-0.05, 0) is 55.5 Å². The molecule has 1 fully saturated rings. The normalized spacial score (nSPS) is 14.9. The molecular weight excluding hydrogens is 390 g/mol. The summed E-state index contributed by atoms with van der Waals surface area (Å²) in [4.78, 5) is 19.4. The van der Waals surface area contributed by atoms with E-state index in [-0.39, 0.29) is 5.91 Å². The topological polar surface area (TPSA) is 84.0 Å². The van der Waals surface area contributed by atoms with Crippen molar-refractivity contribution in [2.45, 2.75) is 39.3 Å². The number of aromatic nitrogens is 3. The monoisotopic (exact) mass is 413 g/mol. The number of hydrogen-bond acceptors (Lipinski definition) is 5. The molecule has 0 radical (unpaired) electrons. The Morgan fingerprint density at radius 2 is 2.13 bits per heavy atom. The van der Waals surface area contributed by atoms with Crippen molar-refractivity contribution in [2.24, 2.45) is 5.92 Å². The largest absolute Gasteiger partial charge is 0.492 e. The third kappa shape index (κ3) is 3.89. The first-order valence-corrected chi connectivity index (χ1v) is 10.6. The quantitative estimate of drug-likeness (QED) is 0.616. The summed E-state index contributed by atoms with van der Waals surface area (Å²) in [7, 11) is 0. The predicted octanol–water partition coefficient (Wildman–Crippen LogP) is 3.65. The number of rotatable bonds is 6. The Kier molecular flexibility index (Phi) is 4.91. The van der Waals surface area contributed by atoms with E-state index in [4.69, 9.17) is 9.84 Å². The van der Waals surface area contributed by atoms with Gasteiger partial charge in [-0.1, -0.05) is 6.92 Å². The lowest BCUT2D eigenvalue weighted by Gasteiger charge is -2.18. The summed E-state index contributed by atoms with van der Waals surface area (Å²) in [6.45, 7) is 3.61. The maximum atomic E-state index is 13.3. The standard InChI is InChI=1S/C24H23N5O2/c1-2-19-10-20(7-8-26-19)29-13-18-12-28(14-22(18)27-29)24(30)21-9-17(11-25)5-6-23(21)31-15-16-3-4-16/h5-10,13,16H,2-4,12,14-15H2,1H3. The molecule has 2 aromatic heterocycles. The van der Waals surface area contributed by atoms with Crippen LogP contribution in [0.1, 0.15) is 52.6 Å². The first kappa shape index (κ1) is 19.3. The van der Waals surface area contributed by atoms with Crippen molar-refractivity contribution in [3.05, 3.63) is 70.8 Å². The Hall–Kier alpha value is -3.66. The van der Waals surface area contributed by atoms with Crippen LogP contribution in [-0.2, 0) is 19.5 Å². The molecule has 3 heterocycles. The molecule has 0 unspecified atom stereocenters. The summed E-state index contributed by atoms with van der Waals surface area (Å²) < 4.78 is 7.77. The fourth-order valence-electron chi connectivity index (χ4n) is 3.79. The van der Waals surface area contributed by atoms with E-state index in [0.29, 0.717) is 42.5 Å². The molecule has 0 bridgehead atoms. The van der Waals surface area contributed by atoms with E-state index in [1.165, 1.54) is 12.8 Å². The molecule has 0 spiro atoms. The summed E-state index contributed by atoms with van der Waals surface area (Å²) in [6, 6.07) is 11.1. The van der Waals surface area contributed by atoms with Crippen LogP contribution in [0.25, 0.3) is 5.69 Å². The molecule has 0 saturated heterocycles. The second-order valence-corrected chi connectivity index (χ2v) is 8.14. The van der Waals surface area contributed by atoms with Crippen LogP contribution in [0.4, 0.5) is 0 Å². The third-order valence-electron chi connectivity index (χ3n) is 5.80. The number of fused-ring (bicyclic) bond motifs is 1. The smallest absolute Gasteiger partial charge is 0.258 e. The van der Waals surface area contributed by atoms with Gasteiger partial charge in [0.2, 0.25) is 0 Å². The summed E-state index contributed by atoms with van der Waals surface area (Å²) >= 11 is 0. The van der Waals surface area contributed by atoms with Gasteiger partial charge in [0.1, 0.15) is 5.75 Å². The van der Waals surface area contributed by atoms with Gasteiger partial charge in [0.25, 0.3) is 5.91 Å². The second-order valence-electron chi connectivity index (χ2n) is 8.14. The van der Waals surface area contributed by atoms with Gasteiger partial charge in [-0.2, -0.15) is 10.4 Å². The van der Waals surface area contributed by atoms with Crippen molar-refractivity contribution in [3.8, 4) is 17.5 Å². The summed E-state index contributed by atoms with van der Waals surface area (Å²) in [5.74, 6) is 0.996. The Labute approximate surface area is 180 Å². The van der Waals surface area contributed by atoms with E-state index in [1.807, 2.05) is 23.0 Å². The first-order valence-electron chi connectivity index (χ1n) is 10.6. The highest BCUT2D eigenvalue weighted by Gasteiger charge is 2.30. The highest BCUT2D eigenvalue weighted by atomic mass is 16.5. The van der Waals surface area contributed by atoms with Gasteiger partial charge in [0.15, 0.2) is 0 Å². The highest BCUT2D eigenvalue weighted by molar-refractivity contribution is 5.97. The molecule has 0 N–H and O–H groups in total. The number of aryl methyl sites for hydroxylation is 1. The van der Waals surface area contributed by atoms with Crippen molar-refractivity contribution in [2.75, 3.05) is 6.61 Å². The van der Waals surface area contributed by atoms with Gasteiger partial charge < -0.3 is 9.64 Å². The SMILES string of the molecule is CCc1cc(-n2cc3c(n2)CN(C(=O)c2cc(C#N)ccc2OCC2CC2)C3)ccn1. The number of nitriles is 1. The first-order chi connectivity index (χ1) is 15.1. The van der Waals surface area contributed by atoms with Gasteiger partial charge in [-0.25, -0.2) is 4.68 Å². The zero-order valence-corrected chi connectivity index (χ0v) is 17.4. The number of hydrogen-bond donors (Lipinski definition) is 0. The summed E-state index contributed by atoms with van der Waals surface area (Å²) in [5, 5.41) is 14.0. The number of nitrogens with zero attached hydrogens (tertiary/aromatic N) is 5. The zero-order chi connectivity index (χ0) is 21.4. The Morgan fingerprint density at radius 1 is 1.26 bits per heavy atom. The number of ether oxygens (including phenoxy) is 1. The third-order valence-corrected chi connectivity index (χ3v) is 5.80. The highest BCUT2D eigenvalue weighted by Crippen LogP contribution is 2.32. The maximum Gasteiger partial charge on any atom is 0.258 e. The molecule has 7 nitrogen and oxygen atoms in total. The van der Waals surface area contributed by atoms with Crippen molar-refractivity contribution < 1.29 is 9.53 Å². The van der Waals surface area contributed by atoms with Crippen molar-refractivity contribution in [1.82, 2.24) is 19.7 Å². The minimum atomic E-state index is -0.135. The van der Waals surface area contributed by atoms with Crippen molar-refractivity contribution in [3.63, 3.8) is 0 Å². The molecule has 156 valence electrons. The summed E-state index contributed by atoms with van der Waals surface area (Å²) in [5.41, 5.74) is 4.80. The minimum Gasteiger partial charge on any atom is -0.492 e. The van der Waals surface area contributed by atoms with Crippen LogP contribution in [0, 0.1) is 17.2 Å². The molecule has 7 heteroatoms. The maximum absolute atomic E-state index is 13.3. The van der Waals surface area contributed by atoms with Crippen LogP contribution in [0.15, 0.2) is 42.7 Å². The lowest BCUT2D eigenvalue weighted by atomic mass is 10.1. The van der Waals surface area contributed by atoms with E-state index in [0.717, 1.165) is 29.1 Å². The molecular formula is C24H23N5O2. The molecule has 0 atom stereocenters. The second kappa shape index (κ2) is 7.88. The van der Waals surface area contributed by atoms with Crippen LogP contribution >= 0.6 is 0 Å². The molecule has 1 saturated carbocycles. The molecule has 31 heavy (non-hydrogen) atoms. The van der Waals surface area contributed by atoms with Crippen LogP contribution < -0.4 is 4.74 Å². The van der Waals surface area contributed by atoms with Crippen molar-refractivity contribution >= 4 is 5.91 Å². The fraction of sp³-hybridized carbons (Fsp3) is 0.333. The number of benzene rings is 1. The van der Waals surface area contributed by atoms with Crippen LogP contribution in [0.2, 0.25) is 0 Å². The molecule has 2 aliphatic rings. The number of carbonyl (C=O) groups is 1. The van der Waals surface area contributed by atoms with E-state index < -0.39 is 0 Å². The minimum absolute atomic E-state index is 0.135. The zero-order valence-electron chi connectivity index (χ0n) is 17.4. The molecule has 3 aromatic rings. The van der Waals surface area contributed by atoms with Crippen LogP contribution in [-0.4, -0.2) is 32.2 Å². The van der Waals surface area contributed by atoms with Gasteiger partial charge >= 0.3 is 0 Å². The molecule has 1 amide bonds. The molecule has 1 aromatic carbocycles. The van der Waals surface area contributed by atoms with Gasteiger partial charge in [0, 0.05) is 30.2 Å². The van der Waals surface area contributed by atoms with Crippen LogP contribution in [0.3, 0.4) is 0 Å². The number of pyridine rings is 1. The number of amides is 1. The molecule has 1 aliphatic heterocycles. The average molecular weight is 413 g/mol. The number of carbonyl (C=O) groups excluding carboxylic acids is 1. The van der Waals surface area contributed by atoms with E-state index in [1.54, 1.807) is 29.3 Å². The lowest BCUT2D eigenvalue weighted by molar-refractivity contribution is 0.0744. The molecule has 5 rings (SSSR count). The van der Waals surface area contributed by atoms with E-state index in [2.05, 4.69) is 18.0 Å². The Bertz CT molecular complexity index is 1170. The van der Waals surface area contributed by atoms with E-state index >= 15 is 0 Å². The predicted molar refractivity (Wildman–Crippen MR) is 114 cm³/mol. The average Bonchev–Trinajstić information content (AvgIpc) is 3.42. The van der Waals surface area contributed by atoms with Gasteiger partial charge in [-0.15, -0.1) is 0 Å². The Balaban J connectivity index is 1.35. The summed E-state index contributed by atoms with van der Waals surface area (Å²) in [6.07, 6.45) is 6.99. The van der Waals surface area contributed by atoms with E-state index in [9.17, 15) is 10.1 Å². The lowest BCUT2D eigenvalue weighted by Crippen LogP contribution is -2.26. The van der Waals surface area contributed by atoms with Gasteiger partial charge in [-0.3, -0.25) is 9.78 Å². The van der Waals surface area contributed by atoms with Crippen molar-refractivity contribution in [1.29, 1.82) is 5.26 Å². The fourth-order valence-corrected chi connectivity index (χ4v) is 3.79.